The normalized spacial score (nSPS) is 9.58. The van der Waals surface area contributed by atoms with Gasteiger partial charge in [0.05, 0.1) is 0 Å². The van der Waals surface area contributed by atoms with E-state index in [1.54, 1.807) is 0 Å². The van der Waals surface area contributed by atoms with Crippen LogP contribution in [0.3, 0.4) is 0 Å². The van der Waals surface area contributed by atoms with Crippen LogP contribution < -0.4 is 5.32 Å². The first-order valence-electron chi connectivity index (χ1n) is 3.62. The number of carbonyl (C=O) groups excluding carboxylic acids is 1. The third-order valence-electron chi connectivity index (χ3n) is 1.66. The van der Waals surface area contributed by atoms with Crippen molar-refractivity contribution >= 4 is 28.0 Å². The van der Waals surface area contributed by atoms with Crippen LogP contribution in [0.15, 0.2) is 16.6 Å². The maximum atomic E-state index is 10.2. The van der Waals surface area contributed by atoms with E-state index in [0.29, 0.717) is 6.41 Å². The molecule has 1 rings (SSSR count). The van der Waals surface area contributed by atoms with Gasteiger partial charge in [-0.2, -0.15) is 0 Å². The molecule has 12 heavy (non-hydrogen) atoms. The molecule has 1 aromatic rings. The molecule has 1 N–H and O–H groups in total. The monoisotopic (exact) mass is 227 g/mol. The first-order chi connectivity index (χ1) is 5.65. The number of hydrogen-bond acceptors (Lipinski definition) is 1. The lowest BCUT2D eigenvalue weighted by molar-refractivity contribution is -0.105. The number of amides is 1. The maximum Gasteiger partial charge on any atom is 0.211 e. The Bertz CT molecular complexity index is 286. The molecular weight excluding hydrogens is 218 g/mol. The van der Waals surface area contributed by atoms with Crippen molar-refractivity contribution in [3.63, 3.8) is 0 Å². The number of aryl methyl sites for hydroxylation is 2. The van der Waals surface area contributed by atoms with Crippen LogP contribution in [0.5, 0.6) is 0 Å². The predicted octanol–water partition coefficient (Wildman–Crippen LogP) is 2.63. The fraction of sp³-hybridized carbons (Fsp3) is 0.222. The molecule has 0 unspecified atom stereocenters. The number of benzene rings is 1. The fourth-order valence-corrected chi connectivity index (χ4v) is 1.33. The van der Waals surface area contributed by atoms with Crippen molar-refractivity contribution in [2.75, 3.05) is 5.32 Å². The predicted molar refractivity (Wildman–Crippen MR) is 53.3 cm³/mol. The van der Waals surface area contributed by atoms with E-state index in [9.17, 15) is 4.79 Å². The topological polar surface area (TPSA) is 29.1 Å². The van der Waals surface area contributed by atoms with E-state index >= 15 is 0 Å². The molecule has 0 aliphatic carbocycles. The van der Waals surface area contributed by atoms with Crippen LogP contribution in [-0.2, 0) is 4.79 Å². The molecule has 0 saturated carbocycles. The van der Waals surface area contributed by atoms with E-state index in [0.717, 1.165) is 21.3 Å². The van der Waals surface area contributed by atoms with Gasteiger partial charge in [-0.25, -0.2) is 0 Å². The summed E-state index contributed by atoms with van der Waals surface area (Å²) in [5, 5.41) is 2.62. The summed E-state index contributed by atoms with van der Waals surface area (Å²) in [5.74, 6) is 0. The second-order valence-electron chi connectivity index (χ2n) is 2.69. The van der Waals surface area contributed by atoms with E-state index < -0.39 is 0 Å². The largest absolute Gasteiger partial charge is 0.329 e. The van der Waals surface area contributed by atoms with Crippen LogP contribution in [0.1, 0.15) is 11.1 Å². The lowest BCUT2D eigenvalue weighted by Crippen LogP contribution is -1.95. The number of nitrogens with one attached hydrogen (secondary N) is 1. The van der Waals surface area contributed by atoms with Gasteiger partial charge in [-0.3, -0.25) is 4.79 Å². The first kappa shape index (κ1) is 9.26. The van der Waals surface area contributed by atoms with Crippen LogP contribution in [-0.4, -0.2) is 6.41 Å². The number of halogens is 1. The Morgan fingerprint density at radius 1 is 1.33 bits per heavy atom. The van der Waals surface area contributed by atoms with E-state index in [1.165, 1.54) is 0 Å². The van der Waals surface area contributed by atoms with Crippen molar-refractivity contribution in [3.8, 4) is 0 Å². The molecule has 0 saturated heterocycles. The van der Waals surface area contributed by atoms with Crippen molar-refractivity contribution in [3.05, 3.63) is 27.7 Å². The number of carbonyl (C=O) groups is 1. The standard InChI is InChI=1S/C9H10BrNO/c1-6-3-8(11-5-12)4-7(2)9(6)10/h3-5H,1-2H3,(H,11,12). The lowest BCUT2D eigenvalue weighted by Gasteiger charge is -2.05. The van der Waals surface area contributed by atoms with Crippen molar-refractivity contribution in [2.24, 2.45) is 0 Å². The molecule has 0 aliphatic rings. The minimum absolute atomic E-state index is 0.683. The minimum atomic E-state index is 0.683. The van der Waals surface area contributed by atoms with Crippen LogP contribution in [0.25, 0.3) is 0 Å². The van der Waals surface area contributed by atoms with Gasteiger partial charge in [0.2, 0.25) is 6.41 Å². The quantitative estimate of drug-likeness (QED) is 0.774. The Labute approximate surface area is 80.1 Å². The van der Waals surface area contributed by atoms with Crippen molar-refractivity contribution in [1.29, 1.82) is 0 Å². The number of hydrogen-bond donors (Lipinski definition) is 1. The van der Waals surface area contributed by atoms with Gasteiger partial charge < -0.3 is 5.32 Å². The van der Waals surface area contributed by atoms with E-state index in [-0.39, 0.29) is 0 Å². The van der Waals surface area contributed by atoms with E-state index in [1.807, 2.05) is 26.0 Å². The molecular formula is C9H10BrNO. The Hall–Kier alpha value is -0.830. The molecule has 0 spiro atoms. The summed E-state index contributed by atoms with van der Waals surface area (Å²) in [6, 6.07) is 3.84. The summed E-state index contributed by atoms with van der Waals surface area (Å²) in [4.78, 5) is 10.2. The SMILES string of the molecule is Cc1cc(NC=O)cc(C)c1Br. The zero-order valence-corrected chi connectivity index (χ0v) is 8.60. The average Bonchev–Trinajstić information content (AvgIpc) is 2.01. The zero-order chi connectivity index (χ0) is 9.14. The number of rotatable bonds is 2. The zero-order valence-electron chi connectivity index (χ0n) is 7.02. The van der Waals surface area contributed by atoms with Crippen LogP contribution >= 0.6 is 15.9 Å². The second-order valence-corrected chi connectivity index (χ2v) is 3.48. The van der Waals surface area contributed by atoms with Crippen LogP contribution in [0.2, 0.25) is 0 Å². The van der Waals surface area contributed by atoms with E-state index in [2.05, 4.69) is 21.2 Å². The van der Waals surface area contributed by atoms with Crippen molar-refractivity contribution < 1.29 is 4.79 Å². The Balaban J connectivity index is 3.11. The summed E-state index contributed by atoms with van der Waals surface area (Å²) < 4.78 is 1.10. The summed E-state index contributed by atoms with van der Waals surface area (Å²) in [6.45, 7) is 3.99. The summed E-state index contributed by atoms with van der Waals surface area (Å²) in [5.41, 5.74) is 3.09. The smallest absolute Gasteiger partial charge is 0.211 e. The van der Waals surface area contributed by atoms with E-state index in [4.69, 9.17) is 0 Å². The van der Waals surface area contributed by atoms with Crippen LogP contribution in [0, 0.1) is 13.8 Å². The molecule has 0 bridgehead atoms. The van der Waals surface area contributed by atoms with Gasteiger partial charge in [0.25, 0.3) is 0 Å². The van der Waals surface area contributed by atoms with Gasteiger partial charge in [0.1, 0.15) is 0 Å². The first-order valence-corrected chi connectivity index (χ1v) is 4.41. The molecule has 1 amide bonds. The lowest BCUT2D eigenvalue weighted by atomic mass is 10.1. The second kappa shape index (κ2) is 3.72. The van der Waals surface area contributed by atoms with Gasteiger partial charge in [0, 0.05) is 10.2 Å². The summed E-state index contributed by atoms with van der Waals surface area (Å²) in [7, 11) is 0. The molecule has 0 radical (unpaired) electrons. The Morgan fingerprint density at radius 3 is 2.25 bits per heavy atom. The molecule has 0 heterocycles. The molecule has 0 atom stereocenters. The Morgan fingerprint density at radius 2 is 1.83 bits per heavy atom. The summed E-state index contributed by atoms with van der Waals surface area (Å²) in [6.07, 6.45) is 0.683. The third kappa shape index (κ3) is 1.85. The minimum Gasteiger partial charge on any atom is -0.329 e. The van der Waals surface area contributed by atoms with Gasteiger partial charge in [0.15, 0.2) is 0 Å². The highest BCUT2D eigenvalue weighted by Gasteiger charge is 2.00. The molecule has 0 fully saturated rings. The van der Waals surface area contributed by atoms with Crippen molar-refractivity contribution in [1.82, 2.24) is 0 Å². The summed E-state index contributed by atoms with van der Waals surface area (Å²) >= 11 is 3.45. The van der Waals surface area contributed by atoms with Gasteiger partial charge in [-0.1, -0.05) is 15.9 Å². The molecule has 0 aliphatic heterocycles. The van der Waals surface area contributed by atoms with Crippen LogP contribution in [0.4, 0.5) is 5.69 Å². The highest BCUT2D eigenvalue weighted by atomic mass is 79.9. The Kier molecular flexibility index (Phi) is 2.87. The molecule has 1 aromatic carbocycles. The highest BCUT2D eigenvalue weighted by Crippen LogP contribution is 2.24. The van der Waals surface area contributed by atoms with Gasteiger partial charge in [-0.05, 0) is 37.1 Å². The molecule has 0 aromatic heterocycles. The molecule has 3 heteroatoms. The highest BCUT2D eigenvalue weighted by molar-refractivity contribution is 9.10. The number of anilines is 1. The average molecular weight is 228 g/mol. The molecule has 2 nitrogen and oxygen atoms in total. The van der Waals surface area contributed by atoms with Gasteiger partial charge >= 0.3 is 0 Å². The van der Waals surface area contributed by atoms with Gasteiger partial charge in [-0.15, -0.1) is 0 Å². The molecule has 64 valence electrons. The fourth-order valence-electron chi connectivity index (χ4n) is 1.10. The third-order valence-corrected chi connectivity index (χ3v) is 2.91. The van der Waals surface area contributed by atoms with Crippen molar-refractivity contribution in [2.45, 2.75) is 13.8 Å². The maximum absolute atomic E-state index is 10.2.